The van der Waals surface area contributed by atoms with Gasteiger partial charge in [-0.05, 0) is 57.2 Å². The number of amides is 1. The first-order valence-electron chi connectivity index (χ1n) is 9.00. The van der Waals surface area contributed by atoms with E-state index in [1.54, 1.807) is 36.4 Å². The summed E-state index contributed by atoms with van der Waals surface area (Å²) in [7, 11) is 1.52. The normalized spacial score (nSPS) is 11.4. The molecule has 0 aliphatic rings. The second kappa shape index (κ2) is 9.62. The smallest absolute Gasteiger partial charge is 0.338 e. The maximum Gasteiger partial charge on any atom is 0.338 e. The zero-order valence-corrected chi connectivity index (χ0v) is 16.2. The Kier molecular flexibility index (Phi) is 7.23. The molecule has 2 aromatic rings. The quantitative estimate of drug-likeness (QED) is 0.717. The summed E-state index contributed by atoms with van der Waals surface area (Å²) in [4.78, 5) is 26.8. The molecule has 144 valence electrons. The standard InChI is InChI=1S/C21H26N2O4/c1-5-23(6-2)17-13-11-16(12-14-17)21(25)27-15(3)20(24)22-18-9-7-8-10-19(18)26-4/h7-15H,5-6H2,1-4H3,(H,22,24)/t15-/m1/s1. The molecule has 0 spiro atoms. The molecule has 1 N–H and O–H groups in total. The number of esters is 1. The van der Waals surface area contributed by atoms with Crippen molar-refractivity contribution < 1.29 is 19.1 Å². The Labute approximate surface area is 160 Å². The van der Waals surface area contributed by atoms with Crippen LogP contribution in [0.5, 0.6) is 5.75 Å². The van der Waals surface area contributed by atoms with Crippen molar-refractivity contribution in [2.24, 2.45) is 0 Å². The first-order chi connectivity index (χ1) is 13.0. The van der Waals surface area contributed by atoms with Gasteiger partial charge in [-0.2, -0.15) is 0 Å². The molecule has 6 nitrogen and oxygen atoms in total. The molecule has 1 amide bonds. The van der Waals surface area contributed by atoms with E-state index in [1.807, 2.05) is 12.1 Å². The van der Waals surface area contributed by atoms with Crippen molar-refractivity contribution in [3.8, 4) is 5.75 Å². The number of nitrogens with zero attached hydrogens (tertiary/aromatic N) is 1. The lowest BCUT2D eigenvalue weighted by Crippen LogP contribution is -2.30. The van der Waals surface area contributed by atoms with Crippen LogP contribution < -0.4 is 15.0 Å². The van der Waals surface area contributed by atoms with Crippen LogP contribution in [-0.2, 0) is 9.53 Å². The van der Waals surface area contributed by atoms with E-state index in [-0.39, 0.29) is 0 Å². The van der Waals surface area contributed by atoms with Crippen molar-refractivity contribution in [2.45, 2.75) is 26.9 Å². The number of ether oxygens (including phenoxy) is 2. The lowest BCUT2D eigenvalue weighted by Gasteiger charge is -2.21. The van der Waals surface area contributed by atoms with Gasteiger partial charge in [-0.25, -0.2) is 4.79 Å². The van der Waals surface area contributed by atoms with Crippen LogP contribution in [0.4, 0.5) is 11.4 Å². The van der Waals surface area contributed by atoms with Crippen LogP contribution in [-0.4, -0.2) is 38.2 Å². The van der Waals surface area contributed by atoms with Gasteiger partial charge in [-0.1, -0.05) is 12.1 Å². The first kappa shape index (κ1) is 20.3. The maximum absolute atomic E-state index is 12.3. The third-order valence-electron chi connectivity index (χ3n) is 4.25. The number of nitrogens with one attached hydrogen (secondary N) is 1. The van der Waals surface area contributed by atoms with Crippen LogP contribution in [0.1, 0.15) is 31.1 Å². The molecule has 0 heterocycles. The molecule has 27 heavy (non-hydrogen) atoms. The minimum Gasteiger partial charge on any atom is -0.495 e. The summed E-state index contributed by atoms with van der Waals surface area (Å²) in [5, 5.41) is 2.71. The van der Waals surface area contributed by atoms with Crippen LogP contribution in [0, 0.1) is 0 Å². The number of hydrogen-bond acceptors (Lipinski definition) is 5. The highest BCUT2D eigenvalue weighted by atomic mass is 16.5. The fourth-order valence-electron chi connectivity index (χ4n) is 2.66. The Morgan fingerprint density at radius 1 is 1.04 bits per heavy atom. The van der Waals surface area contributed by atoms with Gasteiger partial charge in [0.25, 0.3) is 5.91 Å². The Hall–Kier alpha value is -3.02. The minimum absolute atomic E-state index is 0.405. The third kappa shape index (κ3) is 5.23. The number of benzene rings is 2. The molecule has 1 atom stereocenters. The largest absolute Gasteiger partial charge is 0.495 e. The van der Waals surface area contributed by atoms with Gasteiger partial charge in [0.15, 0.2) is 6.10 Å². The number of anilines is 2. The number of para-hydroxylation sites is 2. The van der Waals surface area contributed by atoms with E-state index in [0.29, 0.717) is 17.0 Å². The van der Waals surface area contributed by atoms with E-state index in [1.165, 1.54) is 14.0 Å². The Morgan fingerprint density at radius 2 is 1.67 bits per heavy atom. The molecule has 0 saturated heterocycles. The van der Waals surface area contributed by atoms with Gasteiger partial charge in [0.1, 0.15) is 5.75 Å². The SMILES string of the molecule is CCN(CC)c1ccc(C(=O)O[C@H](C)C(=O)Nc2ccccc2OC)cc1. The van der Waals surface area contributed by atoms with Gasteiger partial charge in [0.05, 0.1) is 18.4 Å². The second-order valence-corrected chi connectivity index (χ2v) is 5.96. The van der Waals surface area contributed by atoms with Crippen molar-refractivity contribution in [1.82, 2.24) is 0 Å². The fraction of sp³-hybridized carbons (Fsp3) is 0.333. The summed E-state index contributed by atoms with van der Waals surface area (Å²) in [6.45, 7) is 7.47. The monoisotopic (exact) mass is 370 g/mol. The molecule has 0 radical (unpaired) electrons. The predicted octanol–water partition coefficient (Wildman–Crippen LogP) is 3.73. The molecule has 0 bridgehead atoms. The van der Waals surface area contributed by atoms with E-state index in [0.717, 1.165) is 18.8 Å². The Bertz CT molecular complexity index is 770. The summed E-state index contributed by atoms with van der Waals surface area (Å²) in [5.74, 6) is -0.423. The Balaban J connectivity index is 1.99. The fourth-order valence-corrected chi connectivity index (χ4v) is 2.66. The molecule has 0 fully saturated rings. The number of carbonyl (C=O) groups is 2. The molecule has 6 heteroatoms. The summed E-state index contributed by atoms with van der Waals surface area (Å²) < 4.78 is 10.5. The third-order valence-corrected chi connectivity index (χ3v) is 4.25. The average molecular weight is 370 g/mol. The summed E-state index contributed by atoms with van der Waals surface area (Å²) >= 11 is 0. The molecule has 2 rings (SSSR count). The van der Waals surface area contributed by atoms with Gasteiger partial charge in [-0.15, -0.1) is 0 Å². The minimum atomic E-state index is -0.940. The van der Waals surface area contributed by atoms with Crippen molar-refractivity contribution >= 4 is 23.3 Å². The summed E-state index contributed by atoms with van der Waals surface area (Å²) in [6.07, 6.45) is -0.940. The van der Waals surface area contributed by atoms with Gasteiger partial charge in [0.2, 0.25) is 0 Å². The molecule has 2 aromatic carbocycles. The zero-order chi connectivity index (χ0) is 19.8. The van der Waals surface area contributed by atoms with Crippen LogP contribution >= 0.6 is 0 Å². The molecular formula is C21H26N2O4. The van der Waals surface area contributed by atoms with Crippen LogP contribution in [0.2, 0.25) is 0 Å². The van der Waals surface area contributed by atoms with E-state index in [9.17, 15) is 9.59 Å². The molecule has 0 aromatic heterocycles. The van der Waals surface area contributed by atoms with Crippen molar-refractivity contribution in [3.05, 3.63) is 54.1 Å². The summed E-state index contributed by atoms with van der Waals surface area (Å²) in [5.41, 5.74) is 1.97. The van der Waals surface area contributed by atoms with E-state index >= 15 is 0 Å². The maximum atomic E-state index is 12.3. The van der Waals surface area contributed by atoms with Crippen molar-refractivity contribution in [3.63, 3.8) is 0 Å². The van der Waals surface area contributed by atoms with E-state index in [2.05, 4.69) is 24.1 Å². The van der Waals surface area contributed by atoms with E-state index in [4.69, 9.17) is 9.47 Å². The lowest BCUT2D eigenvalue weighted by atomic mass is 10.2. The molecule has 0 aliphatic heterocycles. The zero-order valence-electron chi connectivity index (χ0n) is 16.2. The predicted molar refractivity (Wildman–Crippen MR) is 107 cm³/mol. The van der Waals surface area contributed by atoms with Crippen molar-refractivity contribution in [2.75, 3.05) is 30.4 Å². The van der Waals surface area contributed by atoms with Crippen LogP contribution in [0.15, 0.2) is 48.5 Å². The molecule has 0 unspecified atom stereocenters. The molecule has 0 aliphatic carbocycles. The average Bonchev–Trinajstić information content (AvgIpc) is 2.69. The number of carbonyl (C=O) groups excluding carboxylic acids is 2. The van der Waals surface area contributed by atoms with Crippen LogP contribution in [0.3, 0.4) is 0 Å². The van der Waals surface area contributed by atoms with Gasteiger partial charge in [0, 0.05) is 18.8 Å². The van der Waals surface area contributed by atoms with Crippen molar-refractivity contribution in [1.29, 1.82) is 0 Å². The number of methoxy groups -OCH3 is 1. The lowest BCUT2D eigenvalue weighted by molar-refractivity contribution is -0.123. The number of hydrogen-bond donors (Lipinski definition) is 1. The highest BCUT2D eigenvalue weighted by Gasteiger charge is 2.20. The number of rotatable bonds is 8. The molecule has 0 saturated carbocycles. The molecular weight excluding hydrogens is 344 g/mol. The van der Waals surface area contributed by atoms with Gasteiger partial charge in [-0.3, -0.25) is 4.79 Å². The van der Waals surface area contributed by atoms with Crippen LogP contribution in [0.25, 0.3) is 0 Å². The second-order valence-electron chi connectivity index (χ2n) is 5.96. The summed E-state index contributed by atoms with van der Waals surface area (Å²) in [6, 6.07) is 14.2. The van der Waals surface area contributed by atoms with E-state index < -0.39 is 18.0 Å². The highest BCUT2D eigenvalue weighted by Crippen LogP contribution is 2.23. The first-order valence-corrected chi connectivity index (χ1v) is 9.00. The van der Waals surface area contributed by atoms with Gasteiger partial charge >= 0.3 is 5.97 Å². The topological polar surface area (TPSA) is 67.9 Å². The van der Waals surface area contributed by atoms with Gasteiger partial charge < -0.3 is 19.7 Å². The highest BCUT2D eigenvalue weighted by molar-refractivity contribution is 5.98. The Morgan fingerprint density at radius 3 is 2.26 bits per heavy atom.